The number of hydrogen-bond donors (Lipinski definition) is 2. The quantitative estimate of drug-likeness (QED) is 0.377. The Morgan fingerprint density at radius 1 is 0.974 bits per heavy atom. The van der Waals surface area contributed by atoms with Gasteiger partial charge in [0.1, 0.15) is 5.82 Å². The molecule has 1 aliphatic heterocycles. The monoisotopic (exact) mass is 580 g/mol. The van der Waals surface area contributed by atoms with Crippen LogP contribution in [-0.2, 0) is 26.8 Å². The lowest BCUT2D eigenvalue weighted by Gasteiger charge is -2.39. The van der Waals surface area contributed by atoms with Gasteiger partial charge in [0.15, 0.2) is 0 Å². The van der Waals surface area contributed by atoms with Crippen LogP contribution in [-0.4, -0.2) is 43.9 Å². The predicted molar refractivity (Wildman–Crippen MR) is 126 cm³/mol. The van der Waals surface area contributed by atoms with Gasteiger partial charge >= 0.3 is 12.4 Å². The van der Waals surface area contributed by atoms with Gasteiger partial charge < -0.3 is 10.4 Å². The van der Waals surface area contributed by atoms with Gasteiger partial charge in [-0.1, -0.05) is 24.3 Å². The van der Waals surface area contributed by atoms with Gasteiger partial charge in [-0.25, -0.2) is 12.8 Å². The van der Waals surface area contributed by atoms with E-state index in [-0.39, 0.29) is 36.6 Å². The van der Waals surface area contributed by atoms with Gasteiger partial charge in [-0.15, -0.1) is 0 Å². The highest BCUT2D eigenvalue weighted by Gasteiger charge is 2.71. The molecule has 2 aliphatic rings. The summed E-state index contributed by atoms with van der Waals surface area (Å²) in [6, 6.07) is 4.03. The minimum atomic E-state index is -6.12. The molecule has 0 saturated heterocycles. The van der Waals surface area contributed by atoms with E-state index in [9.17, 15) is 49.1 Å². The number of carbonyl (C=O) groups excluding carboxylic acids is 1. The number of nitrogens with one attached hydrogen (secondary N) is 1. The van der Waals surface area contributed by atoms with Crippen LogP contribution in [0.1, 0.15) is 36.8 Å². The van der Waals surface area contributed by atoms with Crippen molar-refractivity contribution in [3.8, 4) is 0 Å². The average Bonchev–Trinajstić information content (AvgIpc) is 3.34. The molecule has 39 heavy (non-hydrogen) atoms. The van der Waals surface area contributed by atoms with Crippen LogP contribution in [0.2, 0.25) is 0 Å². The van der Waals surface area contributed by atoms with E-state index < -0.39 is 56.2 Å². The first-order chi connectivity index (χ1) is 18.1. The molecule has 6 nitrogen and oxygen atoms in total. The first kappa shape index (κ1) is 28.9. The molecule has 0 aromatic heterocycles. The first-order valence-electron chi connectivity index (χ1n) is 11.8. The summed E-state index contributed by atoms with van der Waals surface area (Å²) in [6.45, 7) is 0. The Morgan fingerprint density at radius 2 is 1.56 bits per heavy atom. The van der Waals surface area contributed by atoms with E-state index in [0.717, 1.165) is 34.6 Å². The number of sulfonamides is 1. The third kappa shape index (κ3) is 5.36. The number of fused-ring (bicyclic) bond motifs is 1. The number of alkyl halides is 6. The number of aliphatic hydroxyl groups is 1. The minimum Gasteiger partial charge on any atom is -0.369 e. The Kier molecular flexibility index (Phi) is 7.49. The predicted octanol–water partition coefficient (Wildman–Crippen LogP) is 4.87. The number of amides is 1. The lowest BCUT2D eigenvalue weighted by molar-refractivity contribution is -0.376. The zero-order chi connectivity index (χ0) is 28.8. The molecule has 0 unspecified atom stereocenters. The van der Waals surface area contributed by atoms with E-state index >= 15 is 0 Å². The van der Waals surface area contributed by atoms with Crippen LogP contribution < -0.4 is 9.62 Å². The lowest BCUT2D eigenvalue weighted by Crippen LogP contribution is -2.54. The lowest BCUT2D eigenvalue weighted by atomic mass is 9.87. The Bertz CT molecular complexity index is 1350. The Labute approximate surface area is 219 Å². The number of anilines is 1. The molecule has 0 fully saturated rings. The number of hydrogen-bond acceptors (Lipinski definition) is 4. The van der Waals surface area contributed by atoms with E-state index in [1.807, 2.05) is 12.2 Å². The SMILES string of the molecule is O=C(C[C@@H]1CCc2cc(C(O)(C(F)(F)F)C(F)(F)F)ccc2N1S(=O)(=O)c1ccc(F)cc1)NC1CC=CC1. The van der Waals surface area contributed by atoms with Crippen molar-refractivity contribution < 1.29 is 49.1 Å². The van der Waals surface area contributed by atoms with Crippen molar-refractivity contribution >= 4 is 21.6 Å². The molecular weight excluding hydrogens is 557 g/mol. The topological polar surface area (TPSA) is 86.7 Å². The summed E-state index contributed by atoms with van der Waals surface area (Å²) < 4.78 is 122. The molecule has 2 N–H and O–H groups in total. The van der Waals surface area contributed by atoms with Crippen molar-refractivity contribution in [2.75, 3.05) is 4.31 Å². The van der Waals surface area contributed by atoms with Crippen molar-refractivity contribution in [2.45, 2.75) is 67.0 Å². The number of carbonyl (C=O) groups is 1. The summed E-state index contributed by atoms with van der Waals surface area (Å²) in [7, 11) is -4.55. The zero-order valence-electron chi connectivity index (χ0n) is 20.1. The van der Waals surface area contributed by atoms with Gasteiger partial charge in [0.05, 0.1) is 16.6 Å². The molecule has 0 bridgehead atoms. The van der Waals surface area contributed by atoms with Gasteiger partial charge in [0.2, 0.25) is 5.91 Å². The maximum absolute atomic E-state index is 13.7. The number of aryl methyl sites for hydroxylation is 1. The molecule has 2 aromatic rings. The molecule has 2 aromatic carbocycles. The molecule has 14 heteroatoms. The van der Waals surface area contributed by atoms with E-state index in [1.54, 1.807) is 0 Å². The van der Waals surface area contributed by atoms with Gasteiger partial charge in [0.25, 0.3) is 15.6 Å². The van der Waals surface area contributed by atoms with Crippen molar-refractivity contribution in [2.24, 2.45) is 0 Å². The standard InChI is InChI=1S/C25H23F7N2O4S/c26-17-7-10-20(11-8-17)39(37,38)34-19(14-22(35)33-18-3-1-2-4-18)9-5-15-13-16(6-12-21(15)34)23(36,24(27,28)29)25(30,31)32/h1-2,6-8,10-13,18-19,36H,3-5,9,14H2,(H,33,35)/t19-/m0/s1. The maximum atomic E-state index is 13.7. The maximum Gasteiger partial charge on any atom is 0.430 e. The second kappa shape index (κ2) is 10.1. The normalized spacial score (nSPS) is 18.8. The Morgan fingerprint density at radius 3 is 2.13 bits per heavy atom. The van der Waals surface area contributed by atoms with Crippen molar-refractivity contribution in [3.63, 3.8) is 0 Å². The van der Waals surface area contributed by atoms with Crippen molar-refractivity contribution in [3.05, 3.63) is 71.6 Å². The van der Waals surface area contributed by atoms with Gasteiger partial charge in [0, 0.05) is 18.0 Å². The van der Waals surface area contributed by atoms with Crippen LogP contribution >= 0.6 is 0 Å². The summed E-state index contributed by atoms with van der Waals surface area (Å²) in [4.78, 5) is 12.4. The average molecular weight is 581 g/mol. The van der Waals surface area contributed by atoms with Crippen molar-refractivity contribution in [1.82, 2.24) is 5.32 Å². The minimum absolute atomic E-state index is 0.121. The Hall–Kier alpha value is -3.13. The highest BCUT2D eigenvalue weighted by Crippen LogP contribution is 2.51. The molecule has 0 saturated carbocycles. The van der Waals surface area contributed by atoms with Gasteiger partial charge in [-0.2, -0.15) is 26.3 Å². The van der Waals surface area contributed by atoms with Crippen LogP contribution in [0.25, 0.3) is 0 Å². The fourth-order valence-corrected chi connectivity index (χ4v) is 6.53. The van der Waals surface area contributed by atoms with E-state index in [4.69, 9.17) is 0 Å². The third-order valence-corrected chi connectivity index (χ3v) is 8.68. The van der Waals surface area contributed by atoms with Crippen LogP contribution in [0.5, 0.6) is 0 Å². The number of nitrogens with zero attached hydrogens (tertiary/aromatic N) is 1. The van der Waals surface area contributed by atoms with Gasteiger partial charge in [-0.3, -0.25) is 9.10 Å². The summed E-state index contributed by atoms with van der Waals surface area (Å²) in [5.41, 5.74) is -7.17. The molecule has 1 heterocycles. The number of benzene rings is 2. The second-order valence-electron chi connectivity index (χ2n) is 9.41. The van der Waals surface area contributed by atoms with Crippen LogP contribution in [0.15, 0.2) is 59.5 Å². The largest absolute Gasteiger partial charge is 0.430 e. The molecule has 212 valence electrons. The summed E-state index contributed by atoms with van der Waals surface area (Å²) in [5, 5.41) is 12.6. The second-order valence-corrected chi connectivity index (χ2v) is 11.2. The Balaban J connectivity index is 1.78. The summed E-state index contributed by atoms with van der Waals surface area (Å²) in [5.74, 6) is -1.23. The number of halogens is 7. The van der Waals surface area contributed by atoms with E-state index in [1.165, 1.54) is 0 Å². The van der Waals surface area contributed by atoms with Crippen LogP contribution in [0.4, 0.5) is 36.4 Å². The zero-order valence-corrected chi connectivity index (χ0v) is 20.9. The van der Waals surface area contributed by atoms with Crippen LogP contribution in [0.3, 0.4) is 0 Å². The smallest absolute Gasteiger partial charge is 0.369 e. The highest BCUT2D eigenvalue weighted by molar-refractivity contribution is 7.92. The highest BCUT2D eigenvalue weighted by atomic mass is 32.2. The molecule has 1 atom stereocenters. The van der Waals surface area contributed by atoms with Gasteiger partial charge in [-0.05, 0) is 61.6 Å². The first-order valence-corrected chi connectivity index (χ1v) is 13.2. The molecule has 0 radical (unpaired) electrons. The fraction of sp³-hybridized carbons (Fsp3) is 0.400. The van der Waals surface area contributed by atoms with E-state index in [2.05, 4.69) is 5.32 Å². The molecule has 1 aliphatic carbocycles. The summed E-state index contributed by atoms with van der Waals surface area (Å²) in [6.07, 6.45) is -7.97. The molecule has 0 spiro atoms. The van der Waals surface area contributed by atoms with Crippen molar-refractivity contribution in [1.29, 1.82) is 0 Å². The number of rotatable bonds is 6. The fourth-order valence-electron chi connectivity index (χ4n) is 4.82. The van der Waals surface area contributed by atoms with E-state index in [0.29, 0.717) is 25.0 Å². The molecular formula is C25H23F7N2O4S. The third-order valence-electron chi connectivity index (χ3n) is 6.80. The summed E-state index contributed by atoms with van der Waals surface area (Å²) >= 11 is 0. The van der Waals surface area contributed by atoms with Crippen LogP contribution in [0, 0.1) is 5.82 Å². The molecule has 4 rings (SSSR count). The molecule has 1 amide bonds.